The van der Waals surface area contributed by atoms with Gasteiger partial charge >= 0.3 is 0 Å². The Balaban J connectivity index is 1.79. The maximum atomic E-state index is 11.9. The molecule has 7 heteroatoms. The lowest BCUT2D eigenvalue weighted by Crippen LogP contribution is -2.41. The standard InChI is InChI=1S/C14H21N3O3S/c15-21(19,20)13-5-3-11(4-6-13)7-9-17-14(18)12-2-1-8-16-10-12/h3-6,12,16H,1-2,7-10H2,(H,17,18)(H2,15,19,20). The van der Waals surface area contributed by atoms with Crippen LogP contribution in [0, 0.1) is 5.92 Å². The van der Waals surface area contributed by atoms with Crippen LogP contribution in [0.15, 0.2) is 29.2 Å². The van der Waals surface area contributed by atoms with Gasteiger partial charge in [0, 0.05) is 13.1 Å². The normalized spacial score (nSPS) is 19.2. The molecule has 1 amide bonds. The first-order valence-corrected chi connectivity index (χ1v) is 8.61. The fraction of sp³-hybridized carbons (Fsp3) is 0.500. The Labute approximate surface area is 125 Å². The van der Waals surface area contributed by atoms with Gasteiger partial charge in [0.1, 0.15) is 0 Å². The fourth-order valence-corrected chi connectivity index (χ4v) is 2.91. The molecule has 4 N–H and O–H groups in total. The molecule has 116 valence electrons. The summed E-state index contributed by atoms with van der Waals surface area (Å²) in [5, 5.41) is 11.2. The maximum absolute atomic E-state index is 11.9. The molecule has 21 heavy (non-hydrogen) atoms. The molecule has 0 saturated carbocycles. The minimum atomic E-state index is -3.64. The van der Waals surface area contributed by atoms with Crippen LogP contribution in [0.2, 0.25) is 0 Å². The second-order valence-corrected chi connectivity index (χ2v) is 6.83. The molecule has 1 aromatic carbocycles. The third-order valence-electron chi connectivity index (χ3n) is 3.63. The molecular weight excluding hydrogens is 290 g/mol. The molecular formula is C14H21N3O3S. The fourth-order valence-electron chi connectivity index (χ4n) is 2.40. The number of amides is 1. The van der Waals surface area contributed by atoms with E-state index in [1.165, 1.54) is 12.1 Å². The SMILES string of the molecule is NS(=O)(=O)c1ccc(CCNC(=O)C2CCCNC2)cc1. The number of rotatable bonds is 5. The van der Waals surface area contributed by atoms with Crippen LogP contribution in [-0.4, -0.2) is 34.0 Å². The molecule has 1 atom stereocenters. The number of primary sulfonamides is 1. The molecule has 0 radical (unpaired) electrons. The molecule has 0 aliphatic carbocycles. The minimum absolute atomic E-state index is 0.0588. The number of sulfonamides is 1. The third kappa shape index (κ3) is 4.80. The highest BCUT2D eigenvalue weighted by molar-refractivity contribution is 7.89. The lowest BCUT2D eigenvalue weighted by atomic mass is 9.99. The zero-order chi connectivity index (χ0) is 15.3. The van der Waals surface area contributed by atoms with E-state index in [0.717, 1.165) is 31.5 Å². The Bertz CT molecular complexity index is 578. The van der Waals surface area contributed by atoms with E-state index in [4.69, 9.17) is 5.14 Å². The first-order chi connectivity index (χ1) is 9.97. The average molecular weight is 311 g/mol. The van der Waals surface area contributed by atoms with Crippen LogP contribution in [0.3, 0.4) is 0 Å². The molecule has 1 aromatic rings. The Kier molecular flexibility index (Phi) is 5.33. The molecule has 2 rings (SSSR count). The van der Waals surface area contributed by atoms with Crippen molar-refractivity contribution < 1.29 is 13.2 Å². The van der Waals surface area contributed by atoms with Crippen molar-refractivity contribution >= 4 is 15.9 Å². The van der Waals surface area contributed by atoms with Gasteiger partial charge in [0.15, 0.2) is 0 Å². The molecule has 1 unspecified atom stereocenters. The summed E-state index contributed by atoms with van der Waals surface area (Å²) in [6.45, 7) is 2.28. The highest BCUT2D eigenvalue weighted by Gasteiger charge is 2.20. The number of hydrogen-bond donors (Lipinski definition) is 3. The van der Waals surface area contributed by atoms with Gasteiger partial charge < -0.3 is 10.6 Å². The predicted molar refractivity (Wildman–Crippen MR) is 80.1 cm³/mol. The van der Waals surface area contributed by atoms with Crippen molar-refractivity contribution in [2.45, 2.75) is 24.2 Å². The molecule has 1 aliphatic rings. The first kappa shape index (κ1) is 15.9. The Morgan fingerprint density at radius 2 is 2.05 bits per heavy atom. The van der Waals surface area contributed by atoms with Crippen molar-refractivity contribution in [2.75, 3.05) is 19.6 Å². The highest BCUT2D eigenvalue weighted by Crippen LogP contribution is 2.11. The van der Waals surface area contributed by atoms with Crippen molar-refractivity contribution in [3.63, 3.8) is 0 Å². The van der Waals surface area contributed by atoms with Crippen molar-refractivity contribution in [3.8, 4) is 0 Å². The molecule has 0 aromatic heterocycles. The van der Waals surface area contributed by atoms with Crippen LogP contribution >= 0.6 is 0 Å². The lowest BCUT2D eigenvalue weighted by Gasteiger charge is -2.21. The summed E-state index contributed by atoms with van der Waals surface area (Å²) >= 11 is 0. The third-order valence-corrected chi connectivity index (χ3v) is 4.56. The number of piperidine rings is 1. The van der Waals surface area contributed by atoms with Crippen LogP contribution in [0.4, 0.5) is 0 Å². The van der Waals surface area contributed by atoms with Gasteiger partial charge in [-0.15, -0.1) is 0 Å². The van der Waals surface area contributed by atoms with Crippen molar-refractivity contribution in [3.05, 3.63) is 29.8 Å². The van der Waals surface area contributed by atoms with E-state index in [1.54, 1.807) is 12.1 Å². The molecule has 1 aliphatic heterocycles. The summed E-state index contributed by atoms with van der Waals surface area (Å²) < 4.78 is 22.3. The van der Waals surface area contributed by atoms with E-state index < -0.39 is 10.0 Å². The van der Waals surface area contributed by atoms with Gasteiger partial charge in [-0.2, -0.15) is 0 Å². The molecule has 0 spiro atoms. The van der Waals surface area contributed by atoms with Crippen LogP contribution in [0.5, 0.6) is 0 Å². The monoisotopic (exact) mass is 311 g/mol. The van der Waals surface area contributed by atoms with Crippen LogP contribution in [-0.2, 0) is 21.2 Å². The second-order valence-electron chi connectivity index (χ2n) is 5.27. The van der Waals surface area contributed by atoms with Crippen molar-refractivity contribution in [2.24, 2.45) is 11.1 Å². The van der Waals surface area contributed by atoms with E-state index in [9.17, 15) is 13.2 Å². The quantitative estimate of drug-likeness (QED) is 0.712. The van der Waals surface area contributed by atoms with E-state index in [0.29, 0.717) is 13.0 Å². The van der Waals surface area contributed by atoms with Crippen LogP contribution in [0.1, 0.15) is 18.4 Å². The number of nitrogens with two attached hydrogens (primary N) is 1. The van der Waals surface area contributed by atoms with E-state index >= 15 is 0 Å². The number of carbonyl (C=O) groups is 1. The largest absolute Gasteiger partial charge is 0.355 e. The number of carbonyl (C=O) groups excluding carboxylic acids is 1. The van der Waals surface area contributed by atoms with E-state index in [2.05, 4.69) is 10.6 Å². The van der Waals surface area contributed by atoms with Gasteiger partial charge in [0.2, 0.25) is 15.9 Å². The minimum Gasteiger partial charge on any atom is -0.355 e. The zero-order valence-electron chi connectivity index (χ0n) is 11.8. The van der Waals surface area contributed by atoms with Crippen LogP contribution in [0.25, 0.3) is 0 Å². The highest BCUT2D eigenvalue weighted by atomic mass is 32.2. The Morgan fingerprint density at radius 3 is 2.62 bits per heavy atom. The number of hydrogen-bond acceptors (Lipinski definition) is 4. The van der Waals surface area contributed by atoms with E-state index in [-0.39, 0.29) is 16.7 Å². The van der Waals surface area contributed by atoms with Crippen molar-refractivity contribution in [1.29, 1.82) is 0 Å². The van der Waals surface area contributed by atoms with Crippen molar-refractivity contribution in [1.82, 2.24) is 10.6 Å². The van der Waals surface area contributed by atoms with Gasteiger partial charge in [0.05, 0.1) is 10.8 Å². The molecule has 1 fully saturated rings. The summed E-state index contributed by atoms with van der Waals surface area (Å²) in [5.41, 5.74) is 0.962. The topological polar surface area (TPSA) is 101 Å². The van der Waals surface area contributed by atoms with Gasteiger partial charge in [0.25, 0.3) is 0 Å². The number of benzene rings is 1. The van der Waals surface area contributed by atoms with E-state index in [1.807, 2.05) is 0 Å². The summed E-state index contributed by atoms with van der Waals surface area (Å²) in [7, 11) is -3.64. The summed E-state index contributed by atoms with van der Waals surface area (Å²) in [5.74, 6) is 0.145. The molecule has 1 heterocycles. The van der Waals surface area contributed by atoms with Gasteiger partial charge in [-0.25, -0.2) is 13.6 Å². The van der Waals surface area contributed by atoms with Gasteiger partial charge in [-0.3, -0.25) is 4.79 Å². The number of nitrogens with one attached hydrogen (secondary N) is 2. The molecule has 1 saturated heterocycles. The summed E-state index contributed by atoms with van der Waals surface area (Å²) in [6, 6.07) is 6.40. The first-order valence-electron chi connectivity index (χ1n) is 7.07. The molecule has 6 nitrogen and oxygen atoms in total. The zero-order valence-corrected chi connectivity index (χ0v) is 12.7. The van der Waals surface area contributed by atoms with Gasteiger partial charge in [-0.05, 0) is 43.5 Å². The Morgan fingerprint density at radius 1 is 1.33 bits per heavy atom. The second kappa shape index (κ2) is 7.02. The van der Waals surface area contributed by atoms with Crippen LogP contribution < -0.4 is 15.8 Å². The average Bonchev–Trinajstić information content (AvgIpc) is 2.47. The lowest BCUT2D eigenvalue weighted by molar-refractivity contribution is -0.125. The predicted octanol–water partition coefficient (Wildman–Crippen LogP) is -0.00770. The summed E-state index contributed by atoms with van der Waals surface area (Å²) in [6.07, 6.45) is 2.63. The summed E-state index contributed by atoms with van der Waals surface area (Å²) in [4.78, 5) is 12.0. The maximum Gasteiger partial charge on any atom is 0.238 e. The molecule has 0 bridgehead atoms. The Hall–Kier alpha value is -1.44. The van der Waals surface area contributed by atoms with Gasteiger partial charge in [-0.1, -0.05) is 12.1 Å². The smallest absolute Gasteiger partial charge is 0.238 e.